The highest BCUT2D eigenvalue weighted by atomic mass is 16.5. The van der Waals surface area contributed by atoms with Gasteiger partial charge in [0.25, 0.3) is 5.56 Å². The summed E-state index contributed by atoms with van der Waals surface area (Å²) in [5.41, 5.74) is 0.705. The topological polar surface area (TPSA) is 92.3 Å². The van der Waals surface area contributed by atoms with Crippen LogP contribution in [0.5, 0.6) is 11.6 Å². The summed E-state index contributed by atoms with van der Waals surface area (Å²) in [6, 6.07) is 18.0. The normalized spacial score (nSPS) is 10.5. The smallest absolute Gasteiger partial charge is 0.271 e. The van der Waals surface area contributed by atoms with Crippen LogP contribution in [0, 0.1) is 18.3 Å². The number of carbonyl (C=O) groups is 1. The average Bonchev–Trinajstić information content (AvgIpc) is 2.79. The van der Waals surface area contributed by atoms with Gasteiger partial charge in [-0.15, -0.1) is 0 Å². The van der Waals surface area contributed by atoms with E-state index in [0.29, 0.717) is 24.3 Å². The molecule has 1 aromatic heterocycles. The van der Waals surface area contributed by atoms with Crippen molar-refractivity contribution in [3.63, 3.8) is 0 Å². The van der Waals surface area contributed by atoms with Crippen LogP contribution in [-0.2, 0) is 13.0 Å². The molecular formula is C25H24N2O4. The molecule has 3 aromatic rings. The lowest BCUT2D eigenvalue weighted by Crippen LogP contribution is -2.27. The minimum Gasteiger partial charge on any atom is -0.494 e. The molecule has 1 N–H and O–H groups in total. The summed E-state index contributed by atoms with van der Waals surface area (Å²) in [5.74, 6) is -0.236. The molecule has 0 aliphatic rings. The number of aryl methyl sites for hydroxylation is 1. The highest BCUT2D eigenvalue weighted by molar-refractivity contribution is 6.11. The van der Waals surface area contributed by atoms with E-state index in [1.165, 1.54) is 6.92 Å². The van der Waals surface area contributed by atoms with Crippen LogP contribution >= 0.6 is 0 Å². The van der Waals surface area contributed by atoms with Crippen molar-refractivity contribution in [1.29, 1.82) is 5.26 Å². The molecule has 3 rings (SSSR count). The largest absolute Gasteiger partial charge is 0.494 e. The molecule has 0 saturated carbocycles. The van der Waals surface area contributed by atoms with Crippen LogP contribution in [0.4, 0.5) is 0 Å². The molecule has 0 atom stereocenters. The van der Waals surface area contributed by atoms with Crippen molar-refractivity contribution in [3.05, 3.63) is 92.8 Å². The molecule has 6 heteroatoms. The fraction of sp³-hybridized carbons (Fsp3) is 0.240. The van der Waals surface area contributed by atoms with Crippen LogP contribution in [0.2, 0.25) is 0 Å². The van der Waals surface area contributed by atoms with Crippen LogP contribution in [0.3, 0.4) is 0 Å². The Morgan fingerprint density at radius 2 is 1.81 bits per heavy atom. The van der Waals surface area contributed by atoms with E-state index >= 15 is 0 Å². The molecule has 0 spiro atoms. The molecule has 0 saturated heterocycles. The predicted octanol–water partition coefficient (Wildman–Crippen LogP) is 4.00. The zero-order valence-corrected chi connectivity index (χ0v) is 17.6. The van der Waals surface area contributed by atoms with E-state index in [1.807, 2.05) is 43.3 Å². The molecule has 2 aromatic carbocycles. The van der Waals surface area contributed by atoms with Gasteiger partial charge in [-0.2, -0.15) is 5.26 Å². The van der Waals surface area contributed by atoms with Crippen molar-refractivity contribution in [2.24, 2.45) is 0 Å². The molecule has 158 valence electrons. The zero-order valence-electron chi connectivity index (χ0n) is 17.6. The molecule has 0 aliphatic heterocycles. The van der Waals surface area contributed by atoms with E-state index in [0.717, 1.165) is 16.6 Å². The molecule has 0 amide bonds. The Hall–Kier alpha value is -3.85. The lowest BCUT2D eigenvalue weighted by Gasteiger charge is -2.16. The fourth-order valence-electron chi connectivity index (χ4n) is 3.38. The first kappa shape index (κ1) is 21.8. The molecule has 0 unspecified atom stereocenters. The molecule has 0 radical (unpaired) electrons. The van der Waals surface area contributed by atoms with Crippen LogP contribution < -0.4 is 10.3 Å². The van der Waals surface area contributed by atoms with Crippen LogP contribution in [0.25, 0.3) is 0 Å². The van der Waals surface area contributed by atoms with Crippen LogP contribution in [0.1, 0.15) is 46.0 Å². The zero-order chi connectivity index (χ0) is 22.4. The molecule has 0 fully saturated rings. The first-order chi connectivity index (χ1) is 15.0. The first-order valence-corrected chi connectivity index (χ1v) is 10.2. The number of aromatic nitrogens is 1. The summed E-state index contributed by atoms with van der Waals surface area (Å²) >= 11 is 0. The van der Waals surface area contributed by atoms with E-state index in [-0.39, 0.29) is 23.2 Å². The number of pyridine rings is 1. The number of hydrogen-bond acceptors (Lipinski definition) is 5. The van der Waals surface area contributed by atoms with Gasteiger partial charge in [0.1, 0.15) is 17.4 Å². The quantitative estimate of drug-likeness (QED) is 0.561. The second-order valence-corrected chi connectivity index (χ2v) is 7.20. The average molecular weight is 416 g/mol. The van der Waals surface area contributed by atoms with Crippen molar-refractivity contribution >= 4 is 5.78 Å². The van der Waals surface area contributed by atoms with Gasteiger partial charge < -0.3 is 9.84 Å². The highest BCUT2D eigenvalue weighted by Crippen LogP contribution is 2.26. The van der Waals surface area contributed by atoms with Gasteiger partial charge in [0.15, 0.2) is 5.78 Å². The number of ether oxygens (including phenoxy) is 1. The van der Waals surface area contributed by atoms with Crippen LogP contribution in [0.15, 0.2) is 59.4 Å². The summed E-state index contributed by atoms with van der Waals surface area (Å²) in [4.78, 5) is 26.0. The maximum atomic E-state index is 13.2. The van der Waals surface area contributed by atoms with E-state index in [9.17, 15) is 20.0 Å². The number of carbonyl (C=O) groups excluding carboxylic acids is 1. The van der Waals surface area contributed by atoms with E-state index in [1.54, 1.807) is 24.3 Å². The molecule has 6 nitrogen and oxygen atoms in total. The van der Waals surface area contributed by atoms with Gasteiger partial charge in [-0.3, -0.25) is 14.2 Å². The number of rotatable bonds is 8. The third-order valence-electron chi connectivity index (χ3n) is 5.08. The number of benzene rings is 2. The van der Waals surface area contributed by atoms with E-state index in [2.05, 4.69) is 0 Å². The Labute approximate surface area is 181 Å². The van der Waals surface area contributed by atoms with Gasteiger partial charge in [-0.05, 0) is 55.2 Å². The first-order valence-electron chi connectivity index (χ1n) is 10.2. The number of nitriles is 1. The van der Waals surface area contributed by atoms with Crippen molar-refractivity contribution in [2.45, 2.75) is 33.2 Å². The van der Waals surface area contributed by atoms with Crippen molar-refractivity contribution < 1.29 is 14.6 Å². The molecule has 0 aliphatic carbocycles. The van der Waals surface area contributed by atoms with Gasteiger partial charge in [0.05, 0.1) is 12.2 Å². The third-order valence-corrected chi connectivity index (χ3v) is 5.08. The predicted molar refractivity (Wildman–Crippen MR) is 118 cm³/mol. The van der Waals surface area contributed by atoms with Gasteiger partial charge in [-0.1, -0.05) is 37.3 Å². The monoisotopic (exact) mass is 416 g/mol. The second-order valence-electron chi connectivity index (χ2n) is 7.20. The van der Waals surface area contributed by atoms with Gasteiger partial charge in [0, 0.05) is 12.1 Å². The Kier molecular flexibility index (Phi) is 6.88. The number of aromatic hydroxyl groups is 1. The minimum absolute atomic E-state index is 0.0357. The Morgan fingerprint density at radius 1 is 1.13 bits per heavy atom. The molecular weight excluding hydrogens is 392 g/mol. The molecule has 1 heterocycles. The minimum atomic E-state index is -0.603. The SMILES string of the molecule is CCCOc1ccc(C(=O)c2c(C)c(C#N)c(=O)n(CCc3ccccc3)c2O)cc1. The number of ketones is 1. The van der Waals surface area contributed by atoms with Crippen molar-refractivity contribution in [3.8, 4) is 17.7 Å². The Bertz CT molecular complexity index is 1170. The standard InChI is InChI=1S/C25H24N2O4/c1-3-15-31-20-11-9-19(10-12-20)23(28)22-17(2)21(16-26)24(29)27(25(22)30)14-13-18-7-5-4-6-8-18/h4-12,30H,3,13-15H2,1-2H3. The summed E-state index contributed by atoms with van der Waals surface area (Å²) in [7, 11) is 0. The van der Waals surface area contributed by atoms with Gasteiger partial charge >= 0.3 is 0 Å². The lowest BCUT2D eigenvalue weighted by atomic mass is 9.97. The van der Waals surface area contributed by atoms with Crippen LogP contribution in [-0.4, -0.2) is 22.1 Å². The van der Waals surface area contributed by atoms with Gasteiger partial charge in [0.2, 0.25) is 5.88 Å². The van der Waals surface area contributed by atoms with E-state index < -0.39 is 17.2 Å². The molecule has 31 heavy (non-hydrogen) atoms. The summed E-state index contributed by atoms with van der Waals surface area (Å²) in [5, 5.41) is 20.4. The third kappa shape index (κ3) is 4.67. The Morgan fingerprint density at radius 3 is 2.42 bits per heavy atom. The maximum Gasteiger partial charge on any atom is 0.271 e. The summed E-state index contributed by atoms with van der Waals surface area (Å²) in [6.45, 7) is 4.23. The van der Waals surface area contributed by atoms with Crippen molar-refractivity contribution in [2.75, 3.05) is 6.61 Å². The lowest BCUT2D eigenvalue weighted by molar-refractivity contribution is 0.103. The summed E-state index contributed by atoms with van der Waals surface area (Å²) < 4.78 is 6.64. The van der Waals surface area contributed by atoms with Gasteiger partial charge in [-0.25, -0.2) is 0 Å². The molecule has 0 bridgehead atoms. The second kappa shape index (κ2) is 9.77. The van der Waals surface area contributed by atoms with E-state index in [4.69, 9.17) is 4.74 Å². The highest BCUT2D eigenvalue weighted by Gasteiger charge is 2.24. The summed E-state index contributed by atoms with van der Waals surface area (Å²) in [6.07, 6.45) is 1.34. The fourth-order valence-corrected chi connectivity index (χ4v) is 3.38. The van der Waals surface area contributed by atoms with Crippen molar-refractivity contribution in [1.82, 2.24) is 4.57 Å². The number of hydrogen-bond donors (Lipinski definition) is 1. The Balaban J connectivity index is 2.00. The number of nitrogens with zero attached hydrogens (tertiary/aromatic N) is 2. The maximum absolute atomic E-state index is 13.2.